The third-order valence-corrected chi connectivity index (χ3v) is 7.08. The van der Waals surface area contributed by atoms with Crippen LogP contribution in [0.1, 0.15) is 11.1 Å². The van der Waals surface area contributed by atoms with Crippen molar-refractivity contribution >= 4 is 20.2 Å². The van der Waals surface area contributed by atoms with E-state index in [1.165, 1.54) is 24.3 Å². The molecule has 0 unspecified atom stereocenters. The second kappa shape index (κ2) is 9.33. The molecular weight excluding hydrogens is 416 g/mol. The Balaban J connectivity index is 2.12. The van der Waals surface area contributed by atoms with Crippen molar-refractivity contribution < 1.29 is 25.2 Å². The highest BCUT2D eigenvalue weighted by Crippen LogP contribution is 2.23. The van der Waals surface area contributed by atoms with Crippen LogP contribution in [0.3, 0.4) is 0 Å². The number of nitrogens with two attached hydrogens (primary N) is 2. The molecule has 4 N–H and O–H groups in total. The van der Waals surface area contributed by atoms with Gasteiger partial charge in [-0.15, -0.1) is 0 Å². The minimum Gasteiger partial charge on any atom is -0.330 e. The van der Waals surface area contributed by atoms with E-state index in [4.69, 9.17) is 19.8 Å². The van der Waals surface area contributed by atoms with E-state index < -0.39 is 38.9 Å². The number of aryl methyl sites for hydroxylation is 2. The fourth-order valence-electron chi connectivity index (χ4n) is 2.31. The van der Waals surface area contributed by atoms with Crippen molar-refractivity contribution in [2.75, 3.05) is 26.3 Å². The fourth-order valence-corrected chi connectivity index (χ4v) is 4.33. The van der Waals surface area contributed by atoms with Crippen LogP contribution in [0.15, 0.2) is 58.3 Å². The maximum absolute atomic E-state index is 12.4. The van der Waals surface area contributed by atoms with E-state index in [1.807, 2.05) is 13.8 Å². The fraction of sp³-hybridized carbons (Fsp3) is 0.368. The summed E-state index contributed by atoms with van der Waals surface area (Å²) in [6.07, 6.45) is 0. The van der Waals surface area contributed by atoms with Crippen molar-refractivity contribution in [1.82, 2.24) is 0 Å². The first-order valence-electron chi connectivity index (χ1n) is 8.86. The van der Waals surface area contributed by atoms with E-state index in [1.54, 1.807) is 24.3 Å². The predicted octanol–water partition coefficient (Wildman–Crippen LogP) is 1.32. The Bertz CT molecular complexity index is 932. The third-order valence-electron chi connectivity index (χ3n) is 4.53. The van der Waals surface area contributed by atoms with Gasteiger partial charge in [-0.1, -0.05) is 35.4 Å². The van der Waals surface area contributed by atoms with E-state index in [0.29, 0.717) is 0 Å². The lowest BCUT2D eigenvalue weighted by Crippen LogP contribution is -2.46. The maximum atomic E-state index is 12.4. The van der Waals surface area contributed by atoms with E-state index in [-0.39, 0.29) is 22.9 Å². The van der Waals surface area contributed by atoms with Gasteiger partial charge < -0.3 is 11.5 Å². The molecule has 0 aliphatic heterocycles. The SMILES string of the molecule is Cc1ccc(S(=O)(=O)OCC(CN)(CN)COS(=O)(=O)c2ccc(C)cc2)cc1. The molecule has 0 aliphatic rings. The summed E-state index contributed by atoms with van der Waals surface area (Å²) in [5.41, 5.74) is 12.1. The van der Waals surface area contributed by atoms with Crippen LogP contribution in [-0.4, -0.2) is 43.1 Å². The number of benzene rings is 2. The summed E-state index contributed by atoms with van der Waals surface area (Å²) in [6.45, 7) is 2.57. The van der Waals surface area contributed by atoms with Crippen LogP contribution in [0.5, 0.6) is 0 Å². The van der Waals surface area contributed by atoms with Gasteiger partial charge in [-0.3, -0.25) is 8.37 Å². The molecule has 2 rings (SSSR count). The van der Waals surface area contributed by atoms with Crippen LogP contribution in [0.4, 0.5) is 0 Å². The Labute approximate surface area is 172 Å². The number of hydrogen-bond acceptors (Lipinski definition) is 8. The molecule has 2 aromatic carbocycles. The van der Waals surface area contributed by atoms with Gasteiger partial charge in [0, 0.05) is 18.5 Å². The zero-order valence-corrected chi connectivity index (χ0v) is 18.0. The lowest BCUT2D eigenvalue weighted by atomic mass is 9.91. The van der Waals surface area contributed by atoms with Crippen LogP contribution in [-0.2, 0) is 28.6 Å². The standard InChI is InChI=1S/C19H26N2O6S2/c1-15-3-7-17(8-4-15)28(22,23)26-13-19(11-20,12-21)14-27-29(24,25)18-9-5-16(2)6-10-18/h3-10H,11-14,20-21H2,1-2H3. The molecule has 0 aliphatic carbocycles. The Morgan fingerprint density at radius 2 is 1.00 bits per heavy atom. The van der Waals surface area contributed by atoms with Crippen molar-refractivity contribution in [3.63, 3.8) is 0 Å². The highest BCUT2D eigenvalue weighted by molar-refractivity contribution is 7.87. The first-order valence-corrected chi connectivity index (χ1v) is 11.7. The van der Waals surface area contributed by atoms with E-state index in [0.717, 1.165) is 11.1 Å². The molecule has 0 atom stereocenters. The molecule has 0 saturated carbocycles. The molecule has 0 fully saturated rings. The van der Waals surface area contributed by atoms with Crippen molar-refractivity contribution in [1.29, 1.82) is 0 Å². The van der Waals surface area contributed by atoms with Gasteiger partial charge in [-0.05, 0) is 38.1 Å². The monoisotopic (exact) mass is 442 g/mol. The van der Waals surface area contributed by atoms with Crippen molar-refractivity contribution in [3.05, 3.63) is 59.7 Å². The quantitative estimate of drug-likeness (QED) is 0.525. The molecule has 29 heavy (non-hydrogen) atoms. The highest BCUT2D eigenvalue weighted by atomic mass is 32.2. The average Bonchev–Trinajstić information content (AvgIpc) is 2.69. The minimum atomic E-state index is -4.06. The molecule has 0 heterocycles. The largest absolute Gasteiger partial charge is 0.330 e. The second-order valence-electron chi connectivity index (χ2n) is 6.97. The number of hydrogen-bond donors (Lipinski definition) is 2. The van der Waals surface area contributed by atoms with Crippen LogP contribution in [0.2, 0.25) is 0 Å². The first-order chi connectivity index (χ1) is 13.5. The Kier molecular flexibility index (Phi) is 7.55. The molecule has 10 heteroatoms. The average molecular weight is 443 g/mol. The Morgan fingerprint density at radius 3 is 1.28 bits per heavy atom. The summed E-state index contributed by atoms with van der Waals surface area (Å²) in [5, 5.41) is 0. The summed E-state index contributed by atoms with van der Waals surface area (Å²) in [6, 6.07) is 12.3. The lowest BCUT2D eigenvalue weighted by molar-refractivity contribution is 0.0990. The highest BCUT2D eigenvalue weighted by Gasteiger charge is 2.33. The van der Waals surface area contributed by atoms with Gasteiger partial charge in [-0.25, -0.2) is 0 Å². The van der Waals surface area contributed by atoms with Crippen LogP contribution in [0, 0.1) is 19.3 Å². The molecular formula is C19H26N2O6S2. The Hall–Kier alpha value is -1.82. The van der Waals surface area contributed by atoms with E-state index >= 15 is 0 Å². The molecule has 0 radical (unpaired) electrons. The van der Waals surface area contributed by atoms with E-state index in [9.17, 15) is 16.8 Å². The molecule has 0 amide bonds. The van der Waals surface area contributed by atoms with Crippen LogP contribution < -0.4 is 11.5 Å². The Morgan fingerprint density at radius 1 is 0.690 bits per heavy atom. The van der Waals surface area contributed by atoms with Gasteiger partial charge >= 0.3 is 0 Å². The molecule has 0 aromatic heterocycles. The zero-order valence-electron chi connectivity index (χ0n) is 16.4. The molecule has 160 valence electrons. The summed E-state index contributed by atoms with van der Waals surface area (Å²) in [7, 11) is -8.11. The molecule has 8 nitrogen and oxygen atoms in total. The molecule has 0 bridgehead atoms. The third kappa shape index (κ3) is 6.08. The summed E-state index contributed by atoms with van der Waals surface area (Å²) in [5.74, 6) is 0. The summed E-state index contributed by atoms with van der Waals surface area (Å²) in [4.78, 5) is -0.0292. The number of rotatable bonds is 10. The van der Waals surface area contributed by atoms with Gasteiger partial charge in [0.15, 0.2) is 0 Å². The van der Waals surface area contributed by atoms with Gasteiger partial charge in [0.05, 0.1) is 23.0 Å². The summed E-state index contributed by atoms with van der Waals surface area (Å²) < 4.78 is 59.9. The second-order valence-corrected chi connectivity index (χ2v) is 10.2. The van der Waals surface area contributed by atoms with Gasteiger partial charge in [0.1, 0.15) is 0 Å². The van der Waals surface area contributed by atoms with Gasteiger partial charge in [0.25, 0.3) is 20.2 Å². The molecule has 0 spiro atoms. The van der Waals surface area contributed by atoms with E-state index in [2.05, 4.69) is 0 Å². The molecule has 0 saturated heterocycles. The summed E-state index contributed by atoms with van der Waals surface area (Å²) >= 11 is 0. The zero-order chi connectivity index (χ0) is 21.7. The van der Waals surface area contributed by atoms with Crippen molar-refractivity contribution in [2.45, 2.75) is 23.6 Å². The predicted molar refractivity (Wildman–Crippen MR) is 109 cm³/mol. The van der Waals surface area contributed by atoms with Crippen LogP contribution in [0.25, 0.3) is 0 Å². The maximum Gasteiger partial charge on any atom is 0.296 e. The minimum absolute atomic E-state index is 0.0146. The lowest BCUT2D eigenvalue weighted by Gasteiger charge is -2.29. The van der Waals surface area contributed by atoms with Gasteiger partial charge in [0.2, 0.25) is 0 Å². The normalized spacial score (nSPS) is 12.8. The molecule has 2 aromatic rings. The van der Waals surface area contributed by atoms with Crippen molar-refractivity contribution in [3.8, 4) is 0 Å². The van der Waals surface area contributed by atoms with Crippen LogP contribution >= 0.6 is 0 Å². The van der Waals surface area contributed by atoms with Gasteiger partial charge in [-0.2, -0.15) is 16.8 Å². The smallest absolute Gasteiger partial charge is 0.296 e. The van der Waals surface area contributed by atoms with Crippen molar-refractivity contribution in [2.24, 2.45) is 16.9 Å². The topological polar surface area (TPSA) is 139 Å². The first kappa shape index (κ1) is 23.5.